The highest BCUT2D eigenvalue weighted by Crippen LogP contribution is 2.47. The Balaban J connectivity index is 1.40. The van der Waals surface area contributed by atoms with E-state index in [2.05, 4.69) is 78.9 Å². The van der Waals surface area contributed by atoms with E-state index in [4.69, 9.17) is 14.2 Å². The quantitative estimate of drug-likeness (QED) is 0.202. The maximum Gasteiger partial charge on any atom is 0.203 e. The normalized spacial score (nSPS) is 11.0. The lowest BCUT2D eigenvalue weighted by atomic mass is 9.94. The van der Waals surface area contributed by atoms with Crippen molar-refractivity contribution in [3.63, 3.8) is 0 Å². The molecule has 0 aliphatic rings. The molecule has 204 valence electrons. The summed E-state index contributed by atoms with van der Waals surface area (Å²) in [6.45, 7) is 0. The standard InChI is InChI=1S/C36H30O4S/c1-38-31-20-18-27(35(39-2)36(31)40-3)29-22-26(17-19-30(29)37)24-13-15-25(16-14-24)34-28-11-7-8-12-32(28)41-33(34)21-23-9-5-4-6-10-23/h4-20,22,37H,21H2,1-3H3. The molecule has 0 spiro atoms. The molecule has 5 heteroatoms. The average Bonchev–Trinajstić information content (AvgIpc) is 3.38. The number of hydrogen-bond acceptors (Lipinski definition) is 5. The summed E-state index contributed by atoms with van der Waals surface area (Å²) in [5.74, 6) is 1.71. The van der Waals surface area contributed by atoms with Gasteiger partial charge in [-0.1, -0.05) is 78.9 Å². The predicted molar refractivity (Wildman–Crippen MR) is 169 cm³/mol. The van der Waals surface area contributed by atoms with Crippen LogP contribution in [0.3, 0.4) is 0 Å². The molecule has 0 aliphatic carbocycles. The summed E-state index contributed by atoms with van der Waals surface area (Å²) in [6, 6.07) is 37.3. The molecule has 0 saturated carbocycles. The molecular weight excluding hydrogens is 528 g/mol. The zero-order chi connectivity index (χ0) is 28.3. The number of thiophene rings is 1. The van der Waals surface area contributed by atoms with Crippen molar-refractivity contribution in [1.82, 2.24) is 0 Å². The van der Waals surface area contributed by atoms with Gasteiger partial charge in [-0.3, -0.25) is 0 Å². The van der Waals surface area contributed by atoms with Gasteiger partial charge < -0.3 is 19.3 Å². The first kappa shape index (κ1) is 26.5. The van der Waals surface area contributed by atoms with Gasteiger partial charge in [-0.15, -0.1) is 11.3 Å². The van der Waals surface area contributed by atoms with E-state index in [0.717, 1.165) is 23.1 Å². The smallest absolute Gasteiger partial charge is 0.203 e. The first-order valence-electron chi connectivity index (χ1n) is 13.4. The summed E-state index contributed by atoms with van der Waals surface area (Å²) in [5, 5.41) is 12.1. The highest BCUT2D eigenvalue weighted by molar-refractivity contribution is 7.19. The molecule has 41 heavy (non-hydrogen) atoms. The van der Waals surface area contributed by atoms with Crippen LogP contribution in [0.5, 0.6) is 23.0 Å². The van der Waals surface area contributed by atoms with Gasteiger partial charge in [0.1, 0.15) is 5.75 Å². The van der Waals surface area contributed by atoms with E-state index in [1.807, 2.05) is 35.6 Å². The Morgan fingerprint density at radius 3 is 2.02 bits per heavy atom. The number of fused-ring (bicyclic) bond motifs is 1. The lowest BCUT2D eigenvalue weighted by molar-refractivity contribution is 0.325. The van der Waals surface area contributed by atoms with Gasteiger partial charge in [-0.05, 0) is 52.6 Å². The maximum atomic E-state index is 10.8. The van der Waals surface area contributed by atoms with Crippen molar-refractivity contribution in [2.75, 3.05) is 21.3 Å². The Hall–Kier alpha value is -4.74. The van der Waals surface area contributed by atoms with E-state index in [1.54, 1.807) is 27.4 Å². The maximum absolute atomic E-state index is 10.8. The Labute approximate surface area is 244 Å². The number of benzene rings is 5. The molecule has 5 aromatic carbocycles. The van der Waals surface area contributed by atoms with E-state index in [-0.39, 0.29) is 5.75 Å². The Morgan fingerprint density at radius 1 is 0.610 bits per heavy atom. The lowest BCUT2D eigenvalue weighted by Gasteiger charge is -2.17. The van der Waals surface area contributed by atoms with Crippen LogP contribution < -0.4 is 14.2 Å². The average molecular weight is 559 g/mol. The van der Waals surface area contributed by atoms with E-state index in [1.165, 1.54) is 31.7 Å². The third kappa shape index (κ3) is 5.01. The van der Waals surface area contributed by atoms with Crippen LogP contribution in [0.4, 0.5) is 0 Å². The van der Waals surface area contributed by atoms with Crippen molar-refractivity contribution in [2.24, 2.45) is 0 Å². The number of phenolic OH excluding ortho intramolecular Hbond substituents is 1. The fourth-order valence-corrected chi connectivity index (χ4v) is 6.65. The first-order valence-corrected chi connectivity index (χ1v) is 14.2. The van der Waals surface area contributed by atoms with E-state index in [9.17, 15) is 5.11 Å². The van der Waals surface area contributed by atoms with Crippen molar-refractivity contribution in [1.29, 1.82) is 0 Å². The Morgan fingerprint density at radius 2 is 1.29 bits per heavy atom. The van der Waals surface area contributed by atoms with Crippen LogP contribution in [0, 0.1) is 0 Å². The minimum atomic E-state index is 0.159. The van der Waals surface area contributed by atoms with Crippen molar-refractivity contribution in [3.8, 4) is 56.4 Å². The van der Waals surface area contributed by atoms with Crippen LogP contribution in [-0.4, -0.2) is 26.4 Å². The van der Waals surface area contributed by atoms with Gasteiger partial charge in [0.15, 0.2) is 11.5 Å². The largest absolute Gasteiger partial charge is 0.507 e. The highest BCUT2D eigenvalue weighted by atomic mass is 32.1. The van der Waals surface area contributed by atoms with Crippen LogP contribution in [-0.2, 0) is 6.42 Å². The molecule has 6 aromatic rings. The molecule has 0 unspecified atom stereocenters. The topological polar surface area (TPSA) is 47.9 Å². The lowest BCUT2D eigenvalue weighted by Crippen LogP contribution is -1.97. The Bertz CT molecular complexity index is 1820. The van der Waals surface area contributed by atoms with Gasteiger partial charge in [-0.2, -0.15) is 0 Å². The number of ether oxygens (including phenoxy) is 3. The summed E-state index contributed by atoms with van der Waals surface area (Å²) in [4.78, 5) is 1.36. The summed E-state index contributed by atoms with van der Waals surface area (Å²) >= 11 is 1.87. The monoisotopic (exact) mass is 558 g/mol. The molecule has 0 aliphatic heterocycles. The minimum absolute atomic E-state index is 0.159. The third-order valence-electron chi connectivity index (χ3n) is 7.37. The van der Waals surface area contributed by atoms with E-state index < -0.39 is 0 Å². The molecule has 0 bridgehead atoms. The van der Waals surface area contributed by atoms with Gasteiger partial charge >= 0.3 is 0 Å². The molecule has 1 heterocycles. The predicted octanol–water partition coefficient (Wildman–Crippen LogP) is 9.22. The molecule has 0 radical (unpaired) electrons. The first-order chi connectivity index (χ1) is 20.1. The molecule has 0 saturated heterocycles. The van der Waals surface area contributed by atoms with Crippen molar-refractivity contribution in [2.45, 2.75) is 6.42 Å². The fraction of sp³-hybridized carbons (Fsp3) is 0.111. The van der Waals surface area contributed by atoms with Gasteiger partial charge in [0, 0.05) is 38.1 Å². The van der Waals surface area contributed by atoms with Crippen LogP contribution in [0.2, 0.25) is 0 Å². The van der Waals surface area contributed by atoms with Crippen molar-refractivity contribution >= 4 is 21.4 Å². The van der Waals surface area contributed by atoms with E-state index in [0.29, 0.717) is 22.8 Å². The van der Waals surface area contributed by atoms with Crippen LogP contribution >= 0.6 is 11.3 Å². The van der Waals surface area contributed by atoms with Gasteiger partial charge in [0.05, 0.1) is 21.3 Å². The number of rotatable bonds is 8. The second-order valence-electron chi connectivity index (χ2n) is 9.75. The number of methoxy groups -OCH3 is 3. The molecular formula is C36H30O4S. The van der Waals surface area contributed by atoms with Crippen LogP contribution in [0.1, 0.15) is 10.4 Å². The summed E-state index contributed by atoms with van der Waals surface area (Å²) in [5.41, 5.74) is 7.20. The molecule has 6 rings (SSSR count). The second-order valence-corrected chi connectivity index (χ2v) is 10.9. The summed E-state index contributed by atoms with van der Waals surface area (Å²) in [7, 11) is 4.74. The van der Waals surface area contributed by atoms with Crippen molar-refractivity contribution < 1.29 is 19.3 Å². The SMILES string of the molecule is COc1ccc(-c2cc(-c3ccc(-c4c(Cc5ccccc5)sc5ccccc45)cc3)ccc2O)c(OC)c1OC. The zero-order valence-corrected chi connectivity index (χ0v) is 24.0. The summed E-state index contributed by atoms with van der Waals surface area (Å²) in [6.07, 6.45) is 0.895. The highest BCUT2D eigenvalue weighted by Gasteiger charge is 2.20. The molecule has 0 fully saturated rings. The minimum Gasteiger partial charge on any atom is -0.507 e. The molecule has 1 aromatic heterocycles. The number of hydrogen-bond donors (Lipinski definition) is 1. The molecule has 0 amide bonds. The van der Waals surface area contributed by atoms with E-state index >= 15 is 0 Å². The Kier molecular flexibility index (Phi) is 7.36. The van der Waals surface area contributed by atoms with Gasteiger partial charge in [0.25, 0.3) is 0 Å². The second kappa shape index (κ2) is 11.4. The van der Waals surface area contributed by atoms with Crippen LogP contribution in [0.15, 0.2) is 109 Å². The molecule has 4 nitrogen and oxygen atoms in total. The summed E-state index contributed by atoms with van der Waals surface area (Å²) < 4.78 is 18.0. The van der Waals surface area contributed by atoms with Gasteiger partial charge in [-0.25, -0.2) is 0 Å². The zero-order valence-electron chi connectivity index (χ0n) is 23.2. The van der Waals surface area contributed by atoms with Crippen LogP contribution in [0.25, 0.3) is 43.5 Å². The number of phenols is 1. The third-order valence-corrected chi connectivity index (χ3v) is 8.54. The molecule has 0 atom stereocenters. The molecule has 1 N–H and O–H groups in total. The van der Waals surface area contributed by atoms with Gasteiger partial charge in [0.2, 0.25) is 5.75 Å². The number of aromatic hydroxyl groups is 1. The fourth-order valence-electron chi connectivity index (χ4n) is 5.39. The van der Waals surface area contributed by atoms with Crippen molar-refractivity contribution in [3.05, 3.63) is 120 Å².